The molecule has 0 aliphatic carbocycles. The summed E-state index contributed by atoms with van der Waals surface area (Å²) in [5.74, 6) is -1.91. The van der Waals surface area contributed by atoms with Gasteiger partial charge < -0.3 is 10.2 Å². The maximum atomic E-state index is 13.9. The number of carbonyl (C=O) groups is 2. The summed E-state index contributed by atoms with van der Waals surface area (Å²) in [7, 11) is 1.49. The SMILES string of the molecule is CNC(=O)C1CCCN1c1c(F)cc(C=O)cc1F. The van der Waals surface area contributed by atoms with Gasteiger partial charge in [0.2, 0.25) is 5.91 Å². The van der Waals surface area contributed by atoms with Crippen molar-refractivity contribution < 1.29 is 18.4 Å². The highest BCUT2D eigenvalue weighted by molar-refractivity contribution is 5.86. The zero-order chi connectivity index (χ0) is 14.0. The average molecular weight is 268 g/mol. The lowest BCUT2D eigenvalue weighted by Gasteiger charge is -2.26. The van der Waals surface area contributed by atoms with Gasteiger partial charge in [0.25, 0.3) is 0 Å². The zero-order valence-corrected chi connectivity index (χ0v) is 10.5. The summed E-state index contributed by atoms with van der Waals surface area (Å²) in [6.45, 7) is 0.409. The molecule has 1 aromatic rings. The van der Waals surface area contributed by atoms with Crippen LogP contribution in [0.3, 0.4) is 0 Å². The number of aldehydes is 1. The van der Waals surface area contributed by atoms with E-state index in [0.29, 0.717) is 25.7 Å². The molecule has 1 saturated heterocycles. The summed E-state index contributed by atoms with van der Waals surface area (Å²) in [5, 5.41) is 2.49. The predicted molar refractivity (Wildman–Crippen MR) is 66.2 cm³/mol. The van der Waals surface area contributed by atoms with E-state index in [2.05, 4.69) is 5.32 Å². The van der Waals surface area contributed by atoms with E-state index in [-0.39, 0.29) is 17.2 Å². The third-order valence-electron chi connectivity index (χ3n) is 3.26. The minimum absolute atomic E-state index is 0.0607. The summed E-state index contributed by atoms with van der Waals surface area (Å²) in [4.78, 5) is 23.7. The Labute approximate surface area is 109 Å². The fraction of sp³-hybridized carbons (Fsp3) is 0.385. The average Bonchev–Trinajstić information content (AvgIpc) is 2.86. The van der Waals surface area contributed by atoms with E-state index in [0.717, 1.165) is 12.1 Å². The second-order valence-corrected chi connectivity index (χ2v) is 4.42. The molecule has 0 aromatic heterocycles. The van der Waals surface area contributed by atoms with Crippen LogP contribution in [0.15, 0.2) is 12.1 Å². The predicted octanol–water partition coefficient (Wildman–Crippen LogP) is 1.49. The number of anilines is 1. The number of amides is 1. The van der Waals surface area contributed by atoms with Crippen LogP contribution in [0, 0.1) is 11.6 Å². The van der Waals surface area contributed by atoms with Crippen molar-refractivity contribution >= 4 is 17.9 Å². The molecule has 102 valence electrons. The molecule has 0 saturated carbocycles. The van der Waals surface area contributed by atoms with E-state index >= 15 is 0 Å². The number of carbonyl (C=O) groups excluding carboxylic acids is 2. The van der Waals surface area contributed by atoms with Gasteiger partial charge in [-0.1, -0.05) is 0 Å². The molecule has 1 aliphatic heterocycles. The number of rotatable bonds is 3. The molecule has 4 nitrogen and oxygen atoms in total. The molecular formula is C13H14F2N2O2. The number of hydrogen-bond acceptors (Lipinski definition) is 3. The van der Waals surface area contributed by atoms with Crippen LogP contribution in [0.25, 0.3) is 0 Å². The molecule has 1 heterocycles. The van der Waals surface area contributed by atoms with Gasteiger partial charge in [-0.25, -0.2) is 8.78 Å². The third kappa shape index (κ3) is 2.43. The van der Waals surface area contributed by atoms with Gasteiger partial charge in [0.15, 0.2) is 0 Å². The van der Waals surface area contributed by atoms with Gasteiger partial charge in [-0.15, -0.1) is 0 Å². The Morgan fingerprint density at radius 2 is 2.05 bits per heavy atom. The Morgan fingerprint density at radius 1 is 1.42 bits per heavy atom. The summed E-state index contributed by atoms with van der Waals surface area (Å²) in [5.41, 5.74) is -0.300. The molecule has 0 bridgehead atoms. The summed E-state index contributed by atoms with van der Waals surface area (Å²) >= 11 is 0. The fourth-order valence-electron chi connectivity index (χ4n) is 2.40. The van der Waals surface area contributed by atoms with Gasteiger partial charge in [0, 0.05) is 19.2 Å². The van der Waals surface area contributed by atoms with Gasteiger partial charge >= 0.3 is 0 Å². The molecular weight excluding hydrogens is 254 g/mol. The van der Waals surface area contributed by atoms with E-state index in [1.54, 1.807) is 0 Å². The van der Waals surface area contributed by atoms with E-state index in [1.807, 2.05) is 0 Å². The number of nitrogens with zero attached hydrogens (tertiary/aromatic N) is 1. The second kappa shape index (κ2) is 5.34. The van der Waals surface area contributed by atoms with E-state index in [9.17, 15) is 18.4 Å². The lowest BCUT2D eigenvalue weighted by atomic mass is 10.1. The molecule has 1 fully saturated rings. The summed E-state index contributed by atoms with van der Waals surface area (Å²) < 4.78 is 27.8. The number of likely N-dealkylation sites (N-methyl/N-ethyl adjacent to an activating group) is 1. The molecule has 2 rings (SSSR count). The van der Waals surface area contributed by atoms with Crippen molar-refractivity contribution in [1.29, 1.82) is 0 Å². The van der Waals surface area contributed by atoms with Crippen LogP contribution < -0.4 is 10.2 Å². The van der Waals surface area contributed by atoms with Gasteiger partial charge in [-0.05, 0) is 25.0 Å². The maximum absolute atomic E-state index is 13.9. The molecule has 19 heavy (non-hydrogen) atoms. The fourth-order valence-corrected chi connectivity index (χ4v) is 2.40. The van der Waals surface area contributed by atoms with Crippen molar-refractivity contribution in [2.24, 2.45) is 0 Å². The molecule has 1 amide bonds. The maximum Gasteiger partial charge on any atom is 0.242 e. The van der Waals surface area contributed by atoms with E-state index in [1.165, 1.54) is 11.9 Å². The number of hydrogen-bond donors (Lipinski definition) is 1. The molecule has 0 radical (unpaired) electrons. The Balaban J connectivity index is 2.41. The number of halogens is 2. The van der Waals surface area contributed by atoms with Crippen LogP contribution in [0.2, 0.25) is 0 Å². The molecule has 6 heteroatoms. The van der Waals surface area contributed by atoms with Crippen LogP contribution in [-0.2, 0) is 4.79 Å². The Morgan fingerprint density at radius 3 is 2.58 bits per heavy atom. The molecule has 1 atom stereocenters. The molecule has 1 aromatic carbocycles. The second-order valence-electron chi connectivity index (χ2n) is 4.42. The zero-order valence-electron chi connectivity index (χ0n) is 10.5. The van der Waals surface area contributed by atoms with Crippen LogP contribution in [0.4, 0.5) is 14.5 Å². The van der Waals surface area contributed by atoms with Crippen LogP contribution in [-0.4, -0.2) is 31.8 Å². The minimum Gasteiger partial charge on any atom is -0.357 e. The first kappa shape index (κ1) is 13.5. The normalized spacial score (nSPS) is 18.5. The topological polar surface area (TPSA) is 49.4 Å². The lowest BCUT2D eigenvalue weighted by molar-refractivity contribution is -0.121. The molecule has 1 aliphatic rings. The Kier molecular flexibility index (Phi) is 3.78. The first-order valence-electron chi connectivity index (χ1n) is 6.01. The van der Waals surface area contributed by atoms with Gasteiger partial charge in [-0.2, -0.15) is 0 Å². The molecule has 1 unspecified atom stereocenters. The number of nitrogens with one attached hydrogen (secondary N) is 1. The van der Waals surface area contributed by atoms with Crippen molar-refractivity contribution in [3.63, 3.8) is 0 Å². The van der Waals surface area contributed by atoms with Crippen molar-refractivity contribution in [2.45, 2.75) is 18.9 Å². The van der Waals surface area contributed by atoms with Crippen LogP contribution in [0.5, 0.6) is 0 Å². The highest BCUT2D eigenvalue weighted by Crippen LogP contribution is 2.31. The monoisotopic (exact) mass is 268 g/mol. The summed E-state index contributed by atoms with van der Waals surface area (Å²) in [6.07, 6.45) is 1.62. The van der Waals surface area contributed by atoms with Gasteiger partial charge in [0.1, 0.15) is 29.6 Å². The van der Waals surface area contributed by atoms with Crippen LogP contribution in [0.1, 0.15) is 23.2 Å². The van der Waals surface area contributed by atoms with Crippen molar-refractivity contribution in [3.8, 4) is 0 Å². The molecule has 1 N–H and O–H groups in total. The largest absolute Gasteiger partial charge is 0.357 e. The Hall–Kier alpha value is -1.98. The Bertz CT molecular complexity index is 496. The first-order valence-corrected chi connectivity index (χ1v) is 6.01. The van der Waals surface area contributed by atoms with Crippen molar-refractivity contribution in [2.75, 3.05) is 18.5 Å². The number of benzene rings is 1. The van der Waals surface area contributed by atoms with Crippen molar-refractivity contribution in [1.82, 2.24) is 5.32 Å². The first-order chi connectivity index (χ1) is 9.08. The smallest absolute Gasteiger partial charge is 0.242 e. The van der Waals surface area contributed by atoms with Crippen molar-refractivity contribution in [3.05, 3.63) is 29.3 Å². The van der Waals surface area contributed by atoms with E-state index in [4.69, 9.17) is 0 Å². The lowest BCUT2D eigenvalue weighted by Crippen LogP contribution is -2.42. The highest BCUT2D eigenvalue weighted by Gasteiger charge is 2.33. The quantitative estimate of drug-likeness (QED) is 0.845. The van der Waals surface area contributed by atoms with Gasteiger partial charge in [0.05, 0.1) is 0 Å². The summed E-state index contributed by atoms with van der Waals surface area (Å²) in [6, 6.07) is 1.38. The minimum atomic E-state index is -0.821. The highest BCUT2D eigenvalue weighted by atomic mass is 19.1. The van der Waals surface area contributed by atoms with E-state index < -0.39 is 17.7 Å². The third-order valence-corrected chi connectivity index (χ3v) is 3.26. The molecule has 0 spiro atoms. The van der Waals surface area contributed by atoms with Gasteiger partial charge in [-0.3, -0.25) is 9.59 Å². The van der Waals surface area contributed by atoms with Crippen LogP contribution >= 0.6 is 0 Å². The standard InChI is InChI=1S/C13H14F2N2O2/c1-16-13(19)11-3-2-4-17(11)12-9(14)5-8(7-18)6-10(12)15/h5-7,11H,2-4H2,1H3,(H,16,19).